The summed E-state index contributed by atoms with van der Waals surface area (Å²) in [7, 11) is 0. The number of nitrogens with two attached hydrogens (primary N) is 1. The molecular formula is C16H30N2O3. The van der Waals surface area contributed by atoms with Crippen molar-refractivity contribution < 1.29 is 14.3 Å². The number of esters is 1. The van der Waals surface area contributed by atoms with Crippen LogP contribution in [0.4, 0.5) is 0 Å². The molecule has 0 spiro atoms. The van der Waals surface area contributed by atoms with Crippen LogP contribution in [0.25, 0.3) is 0 Å². The van der Waals surface area contributed by atoms with Crippen LogP contribution in [0.15, 0.2) is 0 Å². The Morgan fingerprint density at radius 1 is 1.33 bits per heavy atom. The maximum atomic E-state index is 13.0. The molecule has 0 heterocycles. The van der Waals surface area contributed by atoms with Gasteiger partial charge in [0.2, 0.25) is 5.91 Å². The Bertz CT molecular complexity index is 361. The molecule has 5 nitrogen and oxygen atoms in total. The predicted octanol–water partition coefficient (Wildman–Crippen LogP) is 1.94. The van der Waals surface area contributed by atoms with E-state index in [2.05, 4.69) is 6.92 Å². The summed E-state index contributed by atoms with van der Waals surface area (Å²) in [6, 6.07) is -0.0373. The van der Waals surface area contributed by atoms with Crippen molar-refractivity contribution in [2.45, 2.75) is 59.4 Å². The lowest BCUT2D eigenvalue weighted by Gasteiger charge is -2.41. The molecule has 0 bridgehead atoms. The largest absolute Gasteiger partial charge is 0.465 e. The van der Waals surface area contributed by atoms with Gasteiger partial charge in [-0.15, -0.1) is 0 Å². The summed E-state index contributed by atoms with van der Waals surface area (Å²) < 4.78 is 4.98. The van der Waals surface area contributed by atoms with E-state index in [-0.39, 0.29) is 24.5 Å². The van der Waals surface area contributed by atoms with Crippen LogP contribution in [0, 0.1) is 11.3 Å². The quantitative estimate of drug-likeness (QED) is 0.761. The van der Waals surface area contributed by atoms with Gasteiger partial charge < -0.3 is 15.4 Å². The van der Waals surface area contributed by atoms with Crippen LogP contribution >= 0.6 is 0 Å². The zero-order valence-corrected chi connectivity index (χ0v) is 13.9. The summed E-state index contributed by atoms with van der Waals surface area (Å²) in [5.41, 5.74) is 5.45. The topological polar surface area (TPSA) is 72.6 Å². The number of carbonyl (C=O) groups excluding carboxylic acids is 2. The lowest BCUT2D eigenvalue weighted by molar-refractivity contribution is -0.155. The minimum atomic E-state index is -0.497. The van der Waals surface area contributed by atoms with Gasteiger partial charge >= 0.3 is 5.97 Å². The normalized spacial score (nSPS) is 25.7. The predicted molar refractivity (Wildman–Crippen MR) is 82.6 cm³/mol. The SMILES string of the molecule is CCOC(=O)CN(C(=O)C1(CN)CCC(C)CC1)C(C)C. The van der Waals surface area contributed by atoms with Crippen LogP contribution in [0.3, 0.4) is 0 Å². The summed E-state index contributed by atoms with van der Waals surface area (Å²) in [6.07, 6.45) is 3.67. The molecule has 1 saturated carbocycles. The van der Waals surface area contributed by atoms with Gasteiger partial charge in [0.1, 0.15) is 6.54 Å². The maximum Gasteiger partial charge on any atom is 0.325 e. The van der Waals surface area contributed by atoms with Crippen molar-refractivity contribution in [2.24, 2.45) is 17.1 Å². The van der Waals surface area contributed by atoms with Gasteiger partial charge in [-0.25, -0.2) is 0 Å². The summed E-state index contributed by atoms with van der Waals surface area (Å²) in [6.45, 7) is 8.53. The number of rotatable bonds is 6. The number of ether oxygens (including phenoxy) is 1. The van der Waals surface area contributed by atoms with E-state index in [1.54, 1.807) is 11.8 Å². The number of hydrogen-bond acceptors (Lipinski definition) is 4. The first-order chi connectivity index (χ1) is 9.86. The van der Waals surface area contributed by atoms with Gasteiger partial charge in [0.25, 0.3) is 0 Å². The van der Waals surface area contributed by atoms with Crippen molar-refractivity contribution in [2.75, 3.05) is 19.7 Å². The minimum absolute atomic E-state index is 0.0138. The highest BCUT2D eigenvalue weighted by atomic mass is 16.5. The average Bonchev–Trinajstić information content (AvgIpc) is 2.45. The van der Waals surface area contributed by atoms with Crippen LogP contribution in [0.2, 0.25) is 0 Å². The molecule has 0 atom stereocenters. The second-order valence-electron chi connectivity index (χ2n) is 6.50. The Morgan fingerprint density at radius 3 is 2.33 bits per heavy atom. The third-order valence-electron chi connectivity index (χ3n) is 4.56. The van der Waals surface area contributed by atoms with Crippen molar-refractivity contribution >= 4 is 11.9 Å². The average molecular weight is 298 g/mol. The molecule has 1 aliphatic rings. The van der Waals surface area contributed by atoms with Gasteiger partial charge in [-0.3, -0.25) is 9.59 Å². The number of nitrogens with zero attached hydrogens (tertiary/aromatic N) is 1. The molecule has 0 radical (unpaired) electrons. The van der Waals surface area contributed by atoms with E-state index in [4.69, 9.17) is 10.5 Å². The van der Waals surface area contributed by atoms with Gasteiger partial charge in [0.05, 0.1) is 12.0 Å². The zero-order valence-electron chi connectivity index (χ0n) is 13.9. The minimum Gasteiger partial charge on any atom is -0.465 e. The lowest BCUT2D eigenvalue weighted by Crippen LogP contribution is -2.53. The molecule has 5 heteroatoms. The van der Waals surface area contributed by atoms with Crippen molar-refractivity contribution in [3.8, 4) is 0 Å². The molecule has 0 aromatic heterocycles. The van der Waals surface area contributed by atoms with Crippen molar-refractivity contribution in [3.63, 3.8) is 0 Å². The monoisotopic (exact) mass is 298 g/mol. The van der Waals surface area contributed by atoms with Crippen molar-refractivity contribution in [3.05, 3.63) is 0 Å². The van der Waals surface area contributed by atoms with Crippen LogP contribution in [-0.4, -0.2) is 42.5 Å². The third-order valence-corrected chi connectivity index (χ3v) is 4.56. The summed E-state index contributed by atoms with van der Waals surface area (Å²) in [5.74, 6) is 0.311. The number of carbonyl (C=O) groups is 2. The first-order valence-electron chi connectivity index (χ1n) is 8.03. The molecule has 0 saturated heterocycles. The zero-order chi connectivity index (χ0) is 16.0. The van der Waals surface area contributed by atoms with Gasteiger partial charge in [0, 0.05) is 12.6 Å². The molecule has 0 aromatic carbocycles. The van der Waals surface area contributed by atoms with Gasteiger partial charge in [-0.2, -0.15) is 0 Å². The highest BCUT2D eigenvalue weighted by Gasteiger charge is 2.43. The molecule has 1 rings (SSSR count). The fourth-order valence-corrected chi connectivity index (χ4v) is 2.96. The van der Waals surface area contributed by atoms with Crippen LogP contribution in [0.5, 0.6) is 0 Å². The first-order valence-corrected chi connectivity index (χ1v) is 8.03. The van der Waals surface area contributed by atoms with Crippen LogP contribution in [0.1, 0.15) is 53.4 Å². The van der Waals surface area contributed by atoms with E-state index in [0.29, 0.717) is 19.1 Å². The molecule has 2 N–H and O–H groups in total. The summed E-state index contributed by atoms with van der Waals surface area (Å²) >= 11 is 0. The molecule has 0 aliphatic heterocycles. The Balaban J connectivity index is 2.85. The molecule has 1 aliphatic carbocycles. The second-order valence-corrected chi connectivity index (χ2v) is 6.50. The first kappa shape index (κ1) is 18.0. The Morgan fingerprint density at radius 2 is 1.90 bits per heavy atom. The second kappa shape index (κ2) is 7.78. The summed E-state index contributed by atoms with van der Waals surface area (Å²) in [5, 5.41) is 0. The summed E-state index contributed by atoms with van der Waals surface area (Å²) in [4.78, 5) is 26.3. The Hall–Kier alpha value is -1.10. The maximum absolute atomic E-state index is 13.0. The third kappa shape index (κ3) is 4.43. The van der Waals surface area contributed by atoms with Crippen LogP contribution < -0.4 is 5.73 Å². The van der Waals surface area contributed by atoms with Crippen LogP contribution in [-0.2, 0) is 14.3 Å². The highest BCUT2D eigenvalue weighted by molar-refractivity contribution is 5.87. The molecule has 122 valence electrons. The fourth-order valence-electron chi connectivity index (χ4n) is 2.96. The van der Waals surface area contributed by atoms with E-state index in [1.807, 2.05) is 13.8 Å². The molecule has 21 heavy (non-hydrogen) atoms. The Kier molecular flexibility index (Phi) is 6.65. The molecule has 0 aromatic rings. The number of amides is 1. The van der Waals surface area contributed by atoms with Gasteiger partial charge in [-0.1, -0.05) is 6.92 Å². The molecule has 1 fully saturated rings. The highest BCUT2D eigenvalue weighted by Crippen LogP contribution is 2.39. The van der Waals surface area contributed by atoms with E-state index in [1.165, 1.54) is 0 Å². The fraction of sp³-hybridized carbons (Fsp3) is 0.875. The van der Waals surface area contributed by atoms with E-state index in [9.17, 15) is 9.59 Å². The van der Waals surface area contributed by atoms with Gasteiger partial charge in [-0.05, 0) is 52.4 Å². The smallest absolute Gasteiger partial charge is 0.325 e. The van der Waals surface area contributed by atoms with E-state index < -0.39 is 5.41 Å². The lowest BCUT2D eigenvalue weighted by atomic mass is 9.70. The van der Waals surface area contributed by atoms with Crippen molar-refractivity contribution in [1.82, 2.24) is 4.90 Å². The van der Waals surface area contributed by atoms with E-state index >= 15 is 0 Å². The number of hydrogen-bond donors (Lipinski definition) is 1. The van der Waals surface area contributed by atoms with Crippen molar-refractivity contribution in [1.29, 1.82) is 0 Å². The molecular weight excluding hydrogens is 268 g/mol. The van der Waals surface area contributed by atoms with E-state index in [0.717, 1.165) is 25.7 Å². The Labute approximate surface area is 128 Å². The molecule has 0 unspecified atom stereocenters. The van der Waals surface area contributed by atoms with Gasteiger partial charge in [0.15, 0.2) is 0 Å². The standard InChI is InChI=1S/C16H30N2O3/c1-5-21-14(19)10-18(12(2)3)15(20)16(11-17)8-6-13(4)7-9-16/h12-13H,5-11,17H2,1-4H3. The molecule has 1 amide bonds.